The molecule has 0 saturated heterocycles. The first-order valence-corrected chi connectivity index (χ1v) is 5.63. The van der Waals surface area contributed by atoms with E-state index in [4.69, 9.17) is 4.74 Å². The van der Waals surface area contributed by atoms with Crippen molar-refractivity contribution in [1.29, 1.82) is 0 Å². The minimum Gasteiger partial charge on any atom is -0.455 e. The zero-order valence-corrected chi connectivity index (χ0v) is 9.87. The molecule has 4 heteroatoms. The number of hydrogen-bond donors (Lipinski definition) is 0. The van der Waals surface area contributed by atoms with Crippen LogP contribution in [0.15, 0.2) is 48.9 Å². The molecule has 0 spiro atoms. The van der Waals surface area contributed by atoms with Gasteiger partial charge in [-0.3, -0.25) is 0 Å². The molecule has 2 heterocycles. The number of aryl methyl sites for hydroxylation is 1. The number of fused-ring (bicyclic) bond motifs is 1. The van der Waals surface area contributed by atoms with E-state index in [1.54, 1.807) is 24.7 Å². The van der Waals surface area contributed by atoms with Gasteiger partial charge in [-0.15, -0.1) is 0 Å². The van der Waals surface area contributed by atoms with E-state index in [1.807, 2.05) is 31.2 Å². The van der Waals surface area contributed by atoms with Crippen LogP contribution in [0.3, 0.4) is 0 Å². The van der Waals surface area contributed by atoms with Gasteiger partial charge >= 0.3 is 0 Å². The van der Waals surface area contributed by atoms with Gasteiger partial charge in [-0.25, -0.2) is 15.0 Å². The van der Waals surface area contributed by atoms with Gasteiger partial charge < -0.3 is 4.74 Å². The number of aromatic nitrogens is 3. The maximum absolute atomic E-state index is 5.80. The Morgan fingerprint density at radius 2 is 1.56 bits per heavy atom. The molecule has 0 aliphatic heterocycles. The predicted octanol–water partition coefficient (Wildman–Crippen LogP) is 3.13. The van der Waals surface area contributed by atoms with E-state index in [9.17, 15) is 0 Å². The number of pyridine rings is 1. The van der Waals surface area contributed by atoms with Crippen molar-refractivity contribution in [2.75, 3.05) is 0 Å². The third-order valence-electron chi connectivity index (χ3n) is 2.58. The summed E-state index contributed by atoms with van der Waals surface area (Å²) in [5.74, 6) is 1.44. The molecule has 0 unspecified atom stereocenters. The largest absolute Gasteiger partial charge is 0.455 e. The topological polar surface area (TPSA) is 47.9 Å². The van der Waals surface area contributed by atoms with Crippen LogP contribution in [0.25, 0.3) is 11.2 Å². The van der Waals surface area contributed by atoms with Crippen molar-refractivity contribution in [3.63, 3.8) is 0 Å². The Morgan fingerprint density at radius 3 is 2.39 bits per heavy atom. The highest BCUT2D eigenvalue weighted by Crippen LogP contribution is 2.26. The lowest BCUT2D eigenvalue weighted by molar-refractivity contribution is 0.486. The smallest absolute Gasteiger partial charge is 0.182 e. The second-order valence-corrected chi connectivity index (χ2v) is 3.95. The molecule has 0 aliphatic carbocycles. The summed E-state index contributed by atoms with van der Waals surface area (Å²) in [6, 6.07) is 9.65. The van der Waals surface area contributed by atoms with E-state index in [-0.39, 0.29) is 0 Å². The Morgan fingerprint density at radius 1 is 0.833 bits per heavy atom. The van der Waals surface area contributed by atoms with Gasteiger partial charge in [0.05, 0.1) is 0 Å². The molecule has 0 radical (unpaired) electrons. The van der Waals surface area contributed by atoms with Crippen LogP contribution in [0.5, 0.6) is 11.5 Å². The van der Waals surface area contributed by atoms with Crippen molar-refractivity contribution < 1.29 is 4.74 Å². The quantitative estimate of drug-likeness (QED) is 0.687. The molecular formula is C14H11N3O. The summed E-state index contributed by atoms with van der Waals surface area (Å²) in [6.07, 6.45) is 4.91. The predicted molar refractivity (Wildman–Crippen MR) is 68.6 cm³/mol. The average Bonchev–Trinajstić information content (AvgIpc) is 2.42. The molecular weight excluding hydrogens is 226 g/mol. The van der Waals surface area contributed by atoms with E-state index in [0.717, 1.165) is 5.75 Å². The van der Waals surface area contributed by atoms with Crippen molar-refractivity contribution in [3.05, 3.63) is 54.5 Å². The first-order valence-electron chi connectivity index (χ1n) is 5.63. The first-order chi connectivity index (χ1) is 8.83. The van der Waals surface area contributed by atoms with Crippen LogP contribution in [-0.2, 0) is 0 Å². The van der Waals surface area contributed by atoms with E-state index in [2.05, 4.69) is 15.0 Å². The number of nitrogens with zero attached hydrogens (tertiary/aromatic N) is 3. The zero-order chi connectivity index (χ0) is 12.4. The molecule has 0 saturated carbocycles. The number of rotatable bonds is 2. The molecule has 0 fully saturated rings. The minimum atomic E-state index is 0.585. The molecule has 0 atom stereocenters. The Hall–Kier alpha value is -2.49. The summed E-state index contributed by atoms with van der Waals surface area (Å²) in [7, 11) is 0. The molecule has 0 N–H and O–H groups in total. The van der Waals surface area contributed by atoms with Crippen LogP contribution >= 0.6 is 0 Å². The highest BCUT2D eigenvalue weighted by molar-refractivity contribution is 5.76. The Balaban J connectivity index is 2.02. The van der Waals surface area contributed by atoms with Crippen LogP contribution < -0.4 is 4.74 Å². The van der Waals surface area contributed by atoms with Crippen molar-refractivity contribution in [1.82, 2.24) is 15.0 Å². The monoisotopic (exact) mass is 237 g/mol. The van der Waals surface area contributed by atoms with Gasteiger partial charge in [-0.1, -0.05) is 17.7 Å². The zero-order valence-electron chi connectivity index (χ0n) is 9.87. The lowest BCUT2D eigenvalue weighted by Crippen LogP contribution is -1.91. The third kappa shape index (κ3) is 2.00. The summed E-state index contributed by atoms with van der Waals surface area (Å²) >= 11 is 0. The molecule has 0 amide bonds. The minimum absolute atomic E-state index is 0.585. The molecule has 1 aromatic carbocycles. The van der Waals surface area contributed by atoms with Gasteiger partial charge in [0.2, 0.25) is 0 Å². The second-order valence-electron chi connectivity index (χ2n) is 3.95. The van der Waals surface area contributed by atoms with Gasteiger partial charge in [-0.05, 0) is 19.1 Å². The Bertz CT molecular complexity index is 675. The average molecular weight is 237 g/mol. The third-order valence-corrected chi connectivity index (χ3v) is 2.58. The fourth-order valence-electron chi connectivity index (χ4n) is 1.67. The fraction of sp³-hybridized carbons (Fsp3) is 0.0714. The Kier molecular flexibility index (Phi) is 2.61. The van der Waals surface area contributed by atoms with Gasteiger partial charge in [0.25, 0.3) is 0 Å². The molecule has 3 rings (SSSR count). The highest BCUT2D eigenvalue weighted by Gasteiger charge is 2.05. The van der Waals surface area contributed by atoms with Crippen molar-refractivity contribution in [2.24, 2.45) is 0 Å². The standard InChI is InChI=1S/C14H11N3O/c1-10-2-4-11(5-3-10)18-12-6-7-16-14-13(12)15-8-9-17-14/h2-9H,1H3. The van der Waals surface area contributed by atoms with Crippen molar-refractivity contribution in [2.45, 2.75) is 6.92 Å². The Labute approximate surface area is 104 Å². The summed E-state index contributed by atoms with van der Waals surface area (Å²) in [6.45, 7) is 2.04. The van der Waals surface area contributed by atoms with Crippen LogP contribution in [-0.4, -0.2) is 15.0 Å². The molecule has 0 bridgehead atoms. The molecule has 88 valence electrons. The van der Waals surface area contributed by atoms with Gasteiger partial charge in [0.1, 0.15) is 5.75 Å². The summed E-state index contributed by atoms with van der Waals surface area (Å²) < 4.78 is 5.80. The van der Waals surface area contributed by atoms with E-state index in [0.29, 0.717) is 16.9 Å². The second kappa shape index (κ2) is 4.41. The number of ether oxygens (including phenoxy) is 1. The SMILES string of the molecule is Cc1ccc(Oc2ccnc3nccnc23)cc1. The lowest BCUT2D eigenvalue weighted by Gasteiger charge is -2.07. The van der Waals surface area contributed by atoms with Gasteiger partial charge in [0, 0.05) is 24.7 Å². The number of benzene rings is 1. The van der Waals surface area contributed by atoms with Crippen molar-refractivity contribution >= 4 is 11.2 Å². The first kappa shape index (κ1) is 10.7. The molecule has 4 nitrogen and oxygen atoms in total. The molecule has 0 aliphatic rings. The summed E-state index contributed by atoms with van der Waals surface area (Å²) in [4.78, 5) is 12.5. The van der Waals surface area contributed by atoms with Gasteiger partial charge in [0.15, 0.2) is 16.9 Å². The van der Waals surface area contributed by atoms with Crippen LogP contribution in [0.1, 0.15) is 5.56 Å². The normalized spacial score (nSPS) is 10.5. The van der Waals surface area contributed by atoms with E-state index < -0.39 is 0 Å². The van der Waals surface area contributed by atoms with E-state index in [1.165, 1.54) is 5.56 Å². The lowest BCUT2D eigenvalue weighted by atomic mass is 10.2. The molecule has 3 aromatic rings. The van der Waals surface area contributed by atoms with Crippen molar-refractivity contribution in [3.8, 4) is 11.5 Å². The van der Waals surface area contributed by atoms with Gasteiger partial charge in [-0.2, -0.15) is 0 Å². The maximum atomic E-state index is 5.80. The molecule has 18 heavy (non-hydrogen) atoms. The van der Waals surface area contributed by atoms with Crippen LogP contribution in [0.2, 0.25) is 0 Å². The fourth-order valence-corrected chi connectivity index (χ4v) is 1.67. The molecule has 2 aromatic heterocycles. The maximum Gasteiger partial charge on any atom is 0.182 e. The summed E-state index contributed by atoms with van der Waals surface area (Å²) in [5.41, 5.74) is 2.45. The summed E-state index contributed by atoms with van der Waals surface area (Å²) in [5, 5.41) is 0. The van der Waals surface area contributed by atoms with Crippen LogP contribution in [0, 0.1) is 6.92 Å². The number of hydrogen-bond acceptors (Lipinski definition) is 4. The van der Waals surface area contributed by atoms with Crippen LogP contribution in [0.4, 0.5) is 0 Å². The van der Waals surface area contributed by atoms with E-state index >= 15 is 0 Å². The highest BCUT2D eigenvalue weighted by atomic mass is 16.5.